The van der Waals surface area contributed by atoms with E-state index in [0.717, 1.165) is 6.61 Å². The molecule has 0 aromatic carbocycles. The van der Waals surface area contributed by atoms with Gasteiger partial charge in [-0.05, 0) is 51.4 Å². The highest BCUT2D eigenvalue weighted by Crippen LogP contribution is 2.33. The Morgan fingerprint density at radius 3 is 2.45 bits per heavy atom. The Hall–Kier alpha value is -0.610. The molecule has 0 atom stereocenters. The first-order valence-electron chi connectivity index (χ1n) is 8.10. The lowest BCUT2D eigenvalue weighted by Crippen LogP contribution is -2.40. The zero-order valence-electron chi connectivity index (χ0n) is 12.6. The van der Waals surface area contributed by atoms with E-state index >= 15 is 0 Å². The van der Waals surface area contributed by atoms with Gasteiger partial charge in [-0.1, -0.05) is 12.8 Å². The molecule has 0 unspecified atom stereocenters. The van der Waals surface area contributed by atoms with E-state index in [1.807, 2.05) is 6.92 Å². The van der Waals surface area contributed by atoms with Crippen LogP contribution in [-0.4, -0.2) is 36.5 Å². The van der Waals surface area contributed by atoms with Crippen molar-refractivity contribution in [2.45, 2.75) is 63.9 Å². The van der Waals surface area contributed by atoms with Gasteiger partial charge < -0.3 is 14.6 Å². The van der Waals surface area contributed by atoms with Crippen molar-refractivity contribution in [1.82, 2.24) is 0 Å². The van der Waals surface area contributed by atoms with Gasteiger partial charge in [0, 0.05) is 6.61 Å². The zero-order chi connectivity index (χ0) is 14.4. The van der Waals surface area contributed by atoms with E-state index < -0.39 is 5.60 Å². The Morgan fingerprint density at radius 2 is 1.85 bits per heavy atom. The van der Waals surface area contributed by atoms with E-state index in [1.165, 1.54) is 25.7 Å². The molecule has 0 spiro atoms. The lowest BCUT2D eigenvalue weighted by Gasteiger charge is -2.35. The van der Waals surface area contributed by atoms with Gasteiger partial charge in [0.1, 0.15) is 0 Å². The third-order valence-electron chi connectivity index (χ3n) is 4.74. The van der Waals surface area contributed by atoms with E-state index in [2.05, 4.69) is 0 Å². The van der Waals surface area contributed by atoms with Crippen LogP contribution in [0, 0.1) is 11.8 Å². The largest absolute Gasteiger partial charge is 0.466 e. The molecule has 0 aromatic rings. The van der Waals surface area contributed by atoms with E-state index in [-0.39, 0.29) is 11.9 Å². The molecule has 0 heterocycles. The first kappa shape index (κ1) is 15.8. The van der Waals surface area contributed by atoms with Crippen molar-refractivity contribution < 1.29 is 19.4 Å². The summed E-state index contributed by atoms with van der Waals surface area (Å²) in [4.78, 5) is 11.7. The summed E-state index contributed by atoms with van der Waals surface area (Å²) in [6, 6.07) is 0. The summed E-state index contributed by atoms with van der Waals surface area (Å²) < 4.78 is 10.8. The number of rotatable bonds is 6. The Labute approximate surface area is 121 Å². The van der Waals surface area contributed by atoms with Crippen LogP contribution in [0.1, 0.15) is 58.3 Å². The maximum Gasteiger partial charge on any atom is 0.308 e. The van der Waals surface area contributed by atoms with Crippen molar-refractivity contribution in [3.8, 4) is 0 Å². The Morgan fingerprint density at radius 1 is 1.20 bits per heavy atom. The lowest BCUT2D eigenvalue weighted by atomic mass is 9.79. The lowest BCUT2D eigenvalue weighted by molar-refractivity contribution is -0.152. The average Bonchev–Trinajstić information content (AvgIpc) is 2.93. The third-order valence-corrected chi connectivity index (χ3v) is 4.74. The molecule has 4 nitrogen and oxygen atoms in total. The molecule has 2 saturated carbocycles. The molecule has 2 aliphatic rings. The number of aliphatic hydroxyl groups is 1. The van der Waals surface area contributed by atoms with Crippen LogP contribution < -0.4 is 0 Å². The number of hydrogen-bond donors (Lipinski definition) is 1. The van der Waals surface area contributed by atoms with Crippen LogP contribution in [0.2, 0.25) is 0 Å². The van der Waals surface area contributed by atoms with Crippen molar-refractivity contribution in [1.29, 1.82) is 0 Å². The van der Waals surface area contributed by atoms with Gasteiger partial charge in [0.15, 0.2) is 0 Å². The van der Waals surface area contributed by atoms with Gasteiger partial charge >= 0.3 is 5.97 Å². The van der Waals surface area contributed by atoms with Crippen LogP contribution in [0.15, 0.2) is 0 Å². The number of carbonyl (C=O) groups excluding carboxylic acids is 1. The normalized spacial score (nSPS) is 31.4. The molecule has 0 bridgehead atoms. The predicted octanol–water partition coefficient (Wildman–Crippen LogP) is 2.68. The summed E-state index contributed by atoms with van der Waals surface area (Å²) in [5, 5.41) is 10.5. The molecule has 2 fully saturated rings. The highest BCUT2D eigenvalue weighted by atomic mass is 16.5. The SMILES string of the molecule is CCOC(=O)C1CCC(O)(COCC2CCCC2)CC1. The second kappa shape index (κ2) is 7.41. The van der Waals surface area contributed by atoms with E-state index in [9.17, 15) is 9.90 Å². The van der Waals surface area contributed by atoms with Crippen LogP contribution in [0.3, 0.4) is 0 Å². The minimum atomic E-state index is -0.735. The van der Waals surface area contributed by atoms with E-state index in [0.29, 0.717) is 44.8 Å². The predicted molar refractivity (Wildman–Crippen MR) is 76.3 cm³/mol. The second-order valence-electron chi connectivity index (χ2n) is 6.42. The quantitative estimate of drug-likeness (QED) is 0.762. The number of hydrogen-bond acceptors (Lipinski definition) is 4. The zero-order valence-corrected chi connectivity index (χ0v) is 12.6. The first-order chi connectivity index (χ1) is 9.63. The maximum atomic E-state index is 11.7. The average molecular weight is 284 g/mol. The molecule has 4 heteroatoms. The fraction of sp³-hybridized carbons (Fsp3) is 0.938. The minimum Gasteiger partial charge on any atom is -0.466 e. The molecule has 2 aliphatic carbocycles. The van der Waals surface area contributed by atoms with Gasteiger partial charge in [-0.15, -0.1) is 0 Å². The maximum absolute atomic E-state index is 11.7. The fourth-order valence-corrected chi connectivity index (χ4v) is 3.39. The summed E-state index contributed by atoms with van der Waals surface area (Å²) in [5.74, 6) is 0.543. The summed E-state index contributed by atoms with van der Waals surface area (Å²) >= 11 is 0. The smallest absolute Gasteiger partial charge is 0.308 e. The van der Waals surface area contributed by atoms with Gasteiger partial charge in [-0.3, -0.25) is 4.79 Å². The number of carbonyl (C=O) groups is 1. The van der Waals surface area contributed by atoms with Gasteiger partial charge in [-0.25, -0.2) is 0 Å². The summed E-state index contributed by atoms with van der Waals surface area (Å²) in [7, 11) is 0. The van der Waals surface area contributed by atoms with Crippen molar-refractivity contribution >= 4 is 5.97 Å². The fourth-order valence-electron chi connectivity index (χ4n) is 3.39. The highest BCUT2D eigenvalue weighted by molar-refractivity contribution is 5.72. The molecule has 1 N–H and O–H groups in total. The molecule has 116 valence electrons. The molecule has 0 radical (unpaired) electrons. The summed E-state index contributed by atoms with van der Waals surface area (Å²) in [6.07, 6.45) is 7.87. The molecule has 0 aliphatic heterocycles. The van der Waals surface area contributed by atoms with Gasteiger partial charge in [0.2, 0.25) is 0 Å². The van der Waals surface area contributed by atoms with Gasteiger partial charge in [0.25, 0.3) is 0 Å². The molecule has 2 rings (SSSR count). The topological polar surface area (TPSA) is 55.8 Å². The van der Waals surface area contributed by atoms with Crippen molar-refractivity contribution in [3.05, 3.63) is 0 Å². The van der Waals surface area contributed by atoms with Crippen molar-refractivity contribution in [2.24, 2.45) is 11.8 Å². The van der Waals surface area contributed by atoms with Crippen molar-refractivity contribution in [3.63, 3.8) is 0 Å². The third kappa shape index (κ3) is 4.45. The van der Waals surface area contributed by atoms with Crippen LogP contribution >= 0.6 is 0 Å². The second-order valence-corrected chi connectivity index (χ2v) is 6.42. The minimum absolute atomic E-state index is 0.0370. The van der Waals surface area contributed by atoms with Gasteiger partial charge in [0.05, 0.1) is 24.7 Å². The Kier molecular flexibility index (Phi) is 5.85. The van der Waals surface area contributed by atoms with Crippen molar-refractivity contribution in [2.75, 3.05) is 19.8 Å². The summed E-state index contributed by atoms with van der Waals surface area (Å²) in [6.45, 7) is 3.46. The first-order valence-corrected chi connectivity index (χ1v) is 8.10. The highest BCUT2D eigenvalue weighted by Gasteiger charge is 2.36. The van der Waals surface area contributed by atoms with E-state index in [4.69, 9.17) is 9.47 Å². The van der Waals surface area contributed by atoms with Crippen LogP contribution in [0.4, 0.5) is 0 Å². The van der Waals surface area contributed by atoms with Crippen LogP contribution in [0.25, 0.3) is 0 Å². The van der Waals surface area contributed by atoms with Crippen LogP contribution in [-0.2, 0) is 14.3 Å². The Balaban J connectivity index is 1.66. The van der Waals surface area contributed by atoms with E-state index in [1.54, 1.807) is 0 Å². The molecular formula is C16H28O4. The Bertz CT molecular complexity index is 302. The molecule has 20 heavy (non-hydrogen) atoms. The number of esters is 1. The number of ether oxygens (including phenoxy) is 2. The standard InChI is InChI=1S/C16H28O4/c1-2-20-15(17)14-7-9-16(18,10-8-14)12-19-11-13-5-3-4-6-13/h13-14,18H,2-12H2,1H3. The molecule has 0 aromatic heterocycles. The monoisotopic (exact) mass is 284 g/mol. The molecule has 0 amide bonds. The summed E-state index contributed by atoms with van der Waals surface area (Å²) in [5.41, 5.74) is -0.735. The van der Waals surface area contributed by atoms with Crippen LogP contribution in [0.5, 0.6) is 0 Å². The molecule has 0 saturated heterocycles. The molecular weight excluding hydrogens is 256 g/mol. The van der Waals surface area contributed by atoms with Gasteiger partial charge in [-0.2, -0.15) is 0 Å².